The summed E-state index contributed by atoms with van der Waals surface area (Å²) < 4.78 is 38.3. The molecule has 0 fully saturated rings. The van der Waals surface area contributed by atoms with E-state index in [0.29, 0.717) is 17.0 Å². The van der Waals surface area contributed by atoms with Gasteiger partial charge in [0.15, 0.2) is 0 Å². The molecule has 0 bridgehead atoms. The summed E-state index contributed by atoms with van der Waals surface area (Å²) in [6.07, 6.45) is 0.924. The summed E-state index contributed by atoms with van der Waals surface area (Å²) >= 11 is 0. The fraction of sp³-hybridized carbons (Fsp3) is 0.211. The van der Waals surface area contributed by atoms with Crippen LogP contribution in [0.5, 0.6) is 0 Å². The quantitative estimate of drug-likeness (QED) is 0.528. The van der Waals surface area contributed by atoms with Gasteiger partial charge in [-0.15, -0.1) is 0 Å². The summed E-state index contributed by atoms with van der Waals surface area (Å²) in [6.45, 7) is 2.47. The van der Waals surface area contributed by atoms with Gasteiger partial charge in [-0.25, -0.2) is 18.2 Å². The van der Waals surface area contributed by atoms with Gasteiger partial charge in [-0.2, -0.15) is 5.10 Å². The molecular weight excluding hydrogens is 399 g/mol. The number of carbonyl (C=O) groups excluding carboxylic acids is 2. The van der Waals surface area contributed by atoms with E-state index in [2.05, 4.69) is 15.8 Å². The lowest BCUT2D eigenvalue weighted by atomic mass is 10.1. The van der Waals surface area contributed by atoms with Crippen molar-refractivity contribution >= 4 is 38.9 Å². The number of nitrogens with zero attached hydrogens (tertiary/aromatic N) is 2. The molecule has 29 heavy (non-hydrogen) atoms. The van der Waals surface area contributed by atoms with E-state index >= 15 is 0 Å². The molecule has 2 aromatic carbocycles. The summed E-state index contributed by atoms with van der Waals surface area (Å²) in [4.78, 5) is 23.4. The molecule has 8 nitrogen and oxygen atoms in total. The van der Waals surface area contributed by atoms with Crippen LogP contribution in [0.15, 0.2) is 53.6 Å². The van der Waals surface area contributed by atoms with E-state index < -0.39 is 28.3 Å². The molecule has 0 aromatic heterocycles. The zero-order chi connectivity index (χ0) is 21.6. The number of hydrogen-bond acceptors (Lipinski definition) is 5. The van der Waals surface area contributed by atoms with Crippen molar-refractivity contribution in [1.29, 1.82) is 0 Å². The maximum Gasteiger partial charge on any atom is 0.260 e. The summed E-state index contributed by atoms with van der Waals surface area (Å²) in [5, 5.41) is 6.61. The van der Waals surface area contributed by atoms with Crippen LogP contribution in [0.2, 0.25) is 0 Å². The van der Waals surface area contributed by atoms with Crippen LogP contribution in [0, 0.1) is 5.82 Å². The van der Waals surface area contributed by atoms with Crippen molar-refractivity contribution in [2.75, 3.05) is 22.4 Å². The van der Waals surface area contributed by atoms with Crippen LogP contribution >= 0.6 is 0 Å². The van der Waals surface area contributed by atoms with Crippen molar-refractivity contribution in [3.8, 4) is 0 Å². The van der Waals surface area contributed by atoms with E-state index in [4.69, 9.17) is 0 Å². The smallest absolute Gasteiger partial charge is 0.260 e. The summed E-state index contributed by atoms with van der Waals surface area (Å²) in [7, 11) is -3.82. The largest absolute Gasteiger partial charge is 0.326 e. The Hall–Kier alpha value is -3.27. The maximum absolute atomic E-state index is 13.4. The molecule has 0 saturated carbocycles. The predicted octanol–water partition coefficient (Wildman–Crippen LogP) is 2.09. The highest BCUT2D eigenvalue weighted by Crippen LogP contribution is 2.18. The fourth-order valence-electron chi connectivity index (χ4n) is 2.43. The molecule has 154 valence electrons. The minimum absolute atomic E-state index is 0.0337. The molecule has 0 saturated heterocycles. The van der Waals surface area contributed by atoms with Crippen molar-refractivity contribution < 1.29 is 22.4 Å². The Labute approximate surface area is 168 Å². The van der Waals surface area contributed by atoms with Gasteiger partial charge in [-0.05, 0) is 42.8 Å². The Bertz CT molecular complexity index is 1050. The number of carbonyl (C=O) groups is 2. The first kappa shape index (κ1) is 22.0. The lowest BCUT2D eigenvalue weighted by Crippen LogP contribution is -2.39. The van der Waals surface area contributed by atoms with Gasteiger partial charge in [0.1, 0.15) is 12.4 Å². The Morgan fingerprint density at radius 3 is 2.41 bits per heavy atom. The molecule has 0 unspecified atom stereocenters. The number of sulfonamides is 1. The van der Waals surface area contributed by atoms with Crippen molar-refractivity contribution in [3.05, 3.63) is 59.9 Å². The van der Waals surface area contributed by atoms with Gasteiger partial charge in [0, 0.05) is 12.6 Å². The van der Waals surface area contributed by atoms with Crippen LogP contribution in [0.4, 0.5) is 15.8 Å². The third-order valence-corrected chi connectivity index (χ3v) is 4.87. The van der Waals surface area contributed by atoms with E-state index in [0.717, 1.165) is 16.6 Å². The average Bonchev–Trinajstić information content (AvgIpc) is 2.63. The lowest BCUT2D eigenvalue weighted by Gasteiger charge is -2.21. The van der Waals surface area contributed by atoms with Crippen LogP contribution in [0.1, 0.15) is 19.4 Å². The van der Waals surface area contributed by atoms with Crippen LogP contribution in [-0.4, -0.2) is 38.7 Å². The molecule has 2 amide bonds. The van der Waals surface area contributed by atoms with Crippen molar-refractivity contribution in [3.63, 3.8) is 0 Å². The molecule has 2 rings (SSSR count). The molecule has 0 spiro atoms. The molecule has 2 aromatic rings. The van der Waals surface area contributed by atoms with Gasteiger partial charge in [0.2, 0.25) is 15.9 Å². The number of amides is 2. The van der Waals surface area contributed by atoms with E-state index in [9.17, 15) is 22.4 Å². The molecular formula is C19H21FN4O4S. The van der Waals surface area contributed by atoms with E-state index in [-0.39, 0.29) is 11.6 Å². The normalized spacial score (nSPS) is 11.7. The van der Waals surface area contributed by atoms with Gasteiger partial charge in [0.25, 0.3) is 5.91 Å². The van der Waals surface area contributed by atoms with Crippen molar-refractivity contribution in [2.45, 2.75) is 13.8 Å². The Balaban J connectivity index is 2.13. The number of anilines is 2. The van der Waals surface area contributed by atoms with Crippen LogP contribution < -0.4 is 15.0 Å². The van der Waals surface area contributed by atoms with Gasteiger partial charge in [0.05, 0.1) is 17.7 Å². The SMILES string of the molecule is CC(=O)Nc1cccc(/C(C)=N\NC(=O)CN(c2cccc(F)c2)S(C)(=O)=O)c1. The lowest BCUT2D eigenvalue weighted by molar-refractivity contribution is -0.119. The monoisotopic (exact) mass is 420 g/mol. The Morgan fingerprint density at radius 1 is 1.10 bits per heavy atom. The highest BCUT2D eigenvalue weighted by Gasteiger charge is 2.21. The molecule has 0 aliphatic carbocycles. The first-order chi connectivity index (χ1) is 13.6. The zero-order valence-electron chi connectivity index (χ0n) is 16.1. The molecule has 0 aliphatic rings. The molecule has 10 heteroatoms. The number of hydrogen-bond donors (Lipinski definition) is 2. The Kier molecular flexibility index (Phi) is 7.05. The van der Waals surface area contributed by atoms with Gasteiger partial charge >= 0.3 is 0 Å². The standard InChI is InChI=1S/C19H21FN4O4S/c1-13(15-6-4-8-17(10-15)21-14(2)25)22-23-19(26)12-24(29(3,27)28)18-9-5-7-16(20)11-18/h4-11H,12H2,1-3H3,(H,21,25)(H,23,26)/b22-13-. The maximum atomic E-state index is 13.4. The van der Waals surface area contributed by atoms with Gasteiger partial charge < -0.3 is 5.32 Å². The summed E-state index contributed by atoms with van der Waals surface area (Å²) in [6, 6.07) is 11.8. The minimum atomic E-state index is -3.82. The van der Waals surface area contributed by atoms with Crippen LogP contribution in [-0.2, 0) is 19.6 Å². The van der Waals surface area contributed by atoms with Crippen molar-refractivity contribution in [2.24, 2.45) is 5.10 Å². The first-order valence-electron chi connectivity index (χ1n) is 8.50. The third-order valence-electron chi connectivity index (χ3n) is 3.73. The summed E-state index contributed by atoms with van der Waals surface area (Å²) in [5.41, 5.74) is 4.00. The minimum Gasteiger partial charge on any atom is -0.326 e. The second-order valence-electron chi connectivity index (χ2n) is 6.24. The molecule has 0 heterocycles. The molecule has 0 aliphatic heterocycles. The molecule has 0 radical (unpaired) electrons. The number of nitrogens with one attached hydrogen (secondary N) is 2. The van der Waals surface area contributed by atoms with Crippen LogP contribution in [0.25, 0.3) is 0 Å². The molecule has 2 N–H and O–H groups in total. The van der Waals surface area contributed by atoms with E-state index in [1.165, 1.54) is 25.1 Å². The first-order valence-corrected chi connectivity index (χ1v) is 10.4. The second-order valence-corrected chi connectivity index (χ2v) is 8.15. The summed E-state index contributed by atoms with van der Waals surface area (Å²) in [5.74, 6) is -1.54. The van der Waals surface area contributed by atoms with Crippen LogP contribution in [0.3, 0.4) is 0 Å². The zero-order valence-corrected chi connectivity index (χ0v) is 17.0. The average molecular weight is 420 g/mol. The second kappa shape index (κ2) is 9.28. The van der Waals surface area contributed by atoms with E-state index in [1.807, 2.05) is 0 Å². The topological polar surface area (TPSA) is 108 Å². The number of benzene rings is 2. The highest BCUT2D eigenvalue weighted by molar-refractivity contribution is 7.92. The Morgan fingerprint density at radius 2 is 1.79 bits per heavy atom. The van der Waals surface area contributed by atoms with Gasteiger partial charge in [-0.3, -0.25) is 13.9 Å². The third kappa shape index (κ3) is 6.68. The number of rotatable bonds is 7. The molecule has 0 atom stereocenters. The number of hydrazone groups is 1. The predicted molar refractivity (Wildman–Crippen MR) is 110 cm³/mol. The van der Waals surface area contributed by atoms with E-state index in [1.54, 1.807) is 31.2 Å². The van der Waals surface area contributed by atoms with Gasteiger partial charge in [-0.1, -0.05) is 18.2 Å². The fourth-order valence-corrected chi connectivity index (χ4v) is 3.28. The number of halogens is 1. The highest BCUT2D eigenvalue weighted by atomic mass is 32.2. The van der Waals surface area contributed by atoms with Crippen molar-refractivity contribution in [1.82, 2.24) is 5.43 Å².